The van der Waals surface area contributed by atoms with E-state index in [1.807, 2.05) is 33.8 Å². The first-order valence-electron chi connectivity index (χ1n) is 6.14. The highest BCUT2D eigenvalue weighted by Gasteiger charge is 2.25. The molecule has 0 aliphatic rings. The molecule has 104 valence electrons. The maximum Gasteiger partial charge on any atom is 0.216 e. The summed E-state index contributed by atoms with van der Waals surface area (Å²) in [6, 6.07) is 8.58. The molecule has 0 heterocycles. The Bertz CT molecular complexity index is 580. The normalized spacial score (nSPS) is 13.8. The van der Waals surface area contributed by atoms with E-state index in [0.717, 1.165) is 0 Å². The Labute approximate surface area is 115 Å². The molecule has 0 aliphatic carbocycles. The Kier molecular flexibility index (Phi) is 4.72. The van der Waals surface area contributed by atoms with Crippen molar-refractivity contribution in [3.63, 3.8) is 0 Å². The molecule has 0 bridgehead atoms. The molecule has 0 saturated carbocycles. The van der Waals surface area contributed by atoms with Crippen molar-refractivity contribution >= 4 is 10.0 Å². The minimum atomic E-state index is -3.45. The summed E-state index contributed by atoms with van der Waals surface area (Å²) >= 11 is 0. The van der Waals surface area contributed by atoms with Gasteiger partial charge in [-0.2, -0.15) is 5.26 Å². The van der Waals surface area contributed by atoms with Gasteiger partial charge in [0.2, 0.25) is 10.0 Å². The molecule has 1 aromatic rings. The number of nitriles is 1. The molecule has 1 N–H and O–H groups in total. The van der Waals surface area contributed by atoms with E-state index in [0.29, 0.717) is 11.1 Å². The minimum absolute atomic E-state index is 0.151. The molecular weight excluding hydrogens is 260 g/mol. The number of nitrogens with one attached hydrogen (secondary N) is 1. The predicted molar refractivity (Wildman–Crippen MR) is 75.8 cm³/mol. The molecular formula is C14H20N2O2S. The summed E-state index contributed by atoms with van der Waals surface area (Å²) in [6.45, 7) is 7.77. The number of rotatable bonds is 4. The van der Waals surface area contributed by atoms with Crippen LogP contribution in [-0.4, -0.2) is 14.5 Å². The van der Waals surface area contributed by atoms with E-state index in [1.165, 1.54) is 0 Å². The van der Waals surface area contributed by atoms with Crippen LogP contribution in [-0.2, 0) is 15.8 Å². The van der Waals surface area contributed by atoms with Gasteiger partial charge in [-0.3, -0.25) is 0 Å². The van der Waals surface area contributed by atoms with E-state index >= 15 is 0 Å². The zero-order valence-electron chi connectivity index (χ0n) is 11.8. The van der Waals surface area contributed by atoms with E-state index in [4.69, 9.17) is 5.26 Å². The minimum Gasteiger partial charge on any atom is -0.212 e. The monoisotopic (exact) mass is 280 g/mol. The SMILES string of the molecule is CC(NS(=O)(=O)Cc1ccccc1C#N)C(C)(C)C. The molecule has 5 heteroatoms. The van der Waals surface area contributed by atoms with Crippen LogP contribution in [0.25, 0.3) is 0 Å². The fraction of sp³-hybridized carbons (Fsp3) is 0.500. The van der Waals surface area contributed by atoms with Gasteiger partial charge in [-0.15, -0.1) is 0 Å². The molecule has 1 rings (SSSR count). The van der Waals surface area contributed by atoms with Crippen molar-refractivity contribution in [1.82, 2.24) is 4.72 Å². The lowest BCUT2D eigenvalue weighted by molar-refractivity contribution is 0.317. The van der Waals surface area contributed by atoms with Crippen LogP contribution in [0.5, 0.6) is 0 Å². The highest BCUT2D eigenvalue weighted by molar-refractivity contribution is 7.88. The number of sulfonamides is 1. The lowest BCUT2D eigenvalue weighted by Gasteiger charge is -2.27. The first-order chi connectivity index (χ1) is 8.65. The van der Waals surface area contributed by atoms with E-state index in [-0.39, 0.29) is 17.2 Å². The molecule has 1 atom stereocenters. The molecule has 0 amide bonds. The second-order valence-corrected chi connectivity index (χ2v) is 7.49. The van der Waals surface area contributed by atoms with Gasteiger partial charge in [-0.25, -0.2) is 13.1 Å². The van der Waals surface area contributed by atoms with Crippen LogP contribution in [0.15, 0.2) is 24.3 Å². The Hall–Kier alpha value is -1.38. The average Bonchev–Trinajstić information content (AvgIpc) is 2.27. The van der Waals surface area contributed by atoms with E-state index in [2.05, 4.69) is 4.72 Å². The summed E-state index contributed by atoms with van der Waals surface area (Å²) < 4.78 is 26.9. The van der Waals surface area contributed by atoms with Gasteiger partial charge < -0.3 is 0 Å². The smallest absolute Gasteiger partial charge is 0.212 e. The zero-order valence-corrected chi connectivity index (χ0v) is 12.6. The molecule has 0 aromatic heterocycles. The van der Waals surface area contributed by atoms with E-state index in [1.54, 1.807) is 24.3 Å². The fourth-order valence-corrected chi connectivity index (χ4v) is 3.08. The predicted octanol–water partition coefficient (Wildman–Crippen LogP) is 2.41. The van der Waals surface area contributed by atoms with Gasteiger partial charge in [0.25, 0.3) is 0 Å². The van der Waals surface area contributed by atoms with Crippen LogP contribution >= 0.6 is 0 Å². The maximum atomic E-state index is 12.1. The molecule has 1 aromatic carbocycles. The topological polar surface area (TPSA) is 70.0 Å². The first kappa shape index (κ1) is 15.7. The van der Waals surface area contributed by atoms with Gasteiger partial charge in [-0.05, 0) is 24.0 Å². The number of hydrogen-bond donors (Lipinski definition) is 1. The largest absolute Gasteiger partial charge is 0.216 e. The van der Waals surface area contributed by atoms with Crippen molar-refractivity contribution < 1.29 is 8.42 Å². The first-order valence-corrected chi connectivity index (χ1v) is 7.79. The molecule has 0 fully saturated rings. The lowest BCUT2D eigenvalue weighted by Crippen LogP contribution is -2.41. The van der Waals surface area contributed by atoms with Gasteiger partial charge in [-0.1, -0.05) is 39.0 Å². The zero-order chi connectivity index (χ0) is 14.7. The Morgan fingerprint density at radius 1 is 1.32 bits per heavy atom. The van der Waals surface area contributed by atoms with Gasteiger partial charge >= 0.3 is 0 Å². The molecule has 1 unspecified atom stereocenters. The van der Waals surface area contributed by atoms with Crippen LogP contribution < -0.4 is 4.72 Å². The second-order valence-electron chi connectivity index (χ2n) is 5.73. The van der Waals surface area contributed by atoms with E-state index in [9.17, 15) is 8.42 Å². The van der Waals surface area contributed by atoms with Crippen molar-refractivity contribution in [3.05, 3.63) is 35.4 Å². The van der Waals surface area contributed by atoms with Gasteiger partial charge in [0.15, 0.2) is 0 Å². The van der Waals surface area contributed by atoms with Crippen LogP contribution in [0.4, 0.5) is 0 Å². The van der Waals surface area contributed by atoms with E-state index < -0.39 is 10.0 Å². The van der Waals surface area contributed by atoms with Crippen LogP contribution in [0.2, 0.25) is 0 Å². The standard InChI is InChI=1S/C14H20N2O2S/c1-11(14(2,3)4)16-19(17,18)10-13-8-6-5-7-12(13)9-15/h5-8,11,16H,10H2,1-4H3. The Balaban J connectivity index is 2.90. The average molecular weight is 280 g/mol. The number of nitrogens with zero attached hydrogens (tertiary/aromatic N) is 1. The van der Waals surface area contributed by atoms with Crippen molar-refractivity contribution in [2.45, 2.75) is 39.5 Å². The van der Waals surface area contributed by atoms with Crippen molar-refractivity contribution in [2.24, 2.45) is 5.41 Å². The molecule has 4 nitrogen and oxygen atoms in total. The third kappa shape index (κ3) is 4.66. The molecule has 0 saturated heterocycles. The third-order valence-corrected chi connectivity index (χ3v) is 4.54. The summed E-state index contributed by atoms with van der Waals surface area (Å²) in [4.78, 5) is 0. The van der Waals surface area contributed by atoms with Gasteiger partial charge in [0.05, 0.1) is 17.4 Å². The van der Waals surface area contributed by atoms with Crippen molar-refractivity contribution in [2.75, 3.05) is 0 Å². The Morgan fingerprint density at radius 3 is 2.42 bits per heavy atom. The molecule has 0 radical (unpaired) electrons. The van der Waals surface area contributed by atoms with Gasteiger partial charge in [0.1, 0.15) is 0 Å². The summed E-state index contributed by atoms with van der Waals surface area (Å²) in [6.07, 6.45) is 0. The van der Waals surface area contributed by atoms with Crippen molar-refractivity contribution in [3.8, 4) is 6.07 Å². The van der Waals surface area contributed by atoms with Crippen LogP contribution in [0.3, 0.4) is 0 Å². The third-order valence-electron chi connectivity index (χ3n) is 3.14. The van der Waals surface area contributed by atoms with Crippen molar-refractivity contribution in [1.29, 1.82) is 5.26 Å². The molecule has 0 spiro atoms. The summed E-state index contributed by atoms with van der Waals surface area (Å²) in [7, 11) is -3.45. The molecule has 0 aliphatic heterocycles. The Morgan fingerprint density at radius 2 is 1.89 bits per heavy atom. The van der Waals surface area contributed by atoms with Gasteiger partial charge in [0, 0.05) is 6.04 Å². The maximum absolute atomic E-state index is 12.1. The highest BCUT2D eigenvalue weighted by atomic mass is 32.2. The van der Waals surface area contributed by atoms with Crippen LogP contribution in [0, 0.1) is 16.7 Å². The lowest BCUT2D eigenvalue weighted by atomic mass is 9.89. The quantitative estimate of drug-likeness (QED) is 0.920. The molecule has 19 heavy (non-hydrogen) atoms. The highest BCUT2D eigenvalue weighted by Crippen LogP contribution is 2.20. The number of benzene rings is 1. The summed E-state index contributed by atoms with van der Waals surface area (Å²) in [5, 5.41) is 8.96. The fourth-order valence-electron chi connectivity index (χ4n) is 1.45. The number of hydrogen-bond acceptors (Lipinski definition) is 3. The van der Waals surface area contributed by atoms with Crippen LogP contribution in [0.1, 0.15) is 38.8 Å². The summed E-state index contributed by atoms with van der Waals surface area (Å²) in [5.74, 6) is -0.169. The summed E-state index contributed by atoms with van der Waals surface area (Å²) in [5.41, 5.74) is 0.775. The second kappa shape index (κ2) is 5.72.